The molecule has 8 heterocycles. The van der Waals surface area contributed by atoms with Gasteiger partial charge in [0, 0.05) is 207 Å². The molecule has 0 saturated carbocycles. The molecule has 8 aliphatic heterocycles. The van der Waals surface area contributed by atoms with Crippen molar-refractivity contribution in [3.05, 3.63) is 93.0 Å². The summed E-state index contributed by atoms with van der Waals surface area (Å²) in [7, 11) is -8.75. The van der Waals surface area contributed by atoms with Crippen molar-refractivity contribution in [2.24, 2.45) is 93.8 Å². The molecule has 4 saturated heterocycles. The van der Waals surface area contributed by atoms with Gasteiger partial charge in [0.05, 0.1) is 78.5 Å². The zero-order valence-electron chi connectivity index (χ0n) is 144. The zero-order valence-corrected chi connectivity index (χ0v) is 68.2. The summed E-state index contributed by atoms with van der Waals surface area (Å²) in [5.74, 6) is -46.7. The van der Waals surface area contributed by atoms with Crippen molar-refractivity contribution in [2.45, 2.75) is 260 Å². The number of nitrogens with two attached hydrogens (primary N) is 4. The topological polar surface area (TPSA) is 296 Å². The largest absolute Gasteiger partial charge is 0.493 e. The highest BCUT2D eigenvalue weighted by Gasteiger charge is 2.47. The molecule has 4 fully saturated rings. The molecule has 16 unspecified atom stereocenters. The molecule has 672 valence electrons. The summed E-state index contributed by atoms with van der Waals surface area (Å²) in [5.41, 5.74) is 17.4. The summed E-state index contributed by atoms with van der Waals surface area (Å²) in [4.78, 5) is 52.6. The number of hydrogen-bond acceptors (Lipinski definition) is 24. The minimum absolute atomic E-state index is 0.113. The van der Waals surface area contributed by atoms with Crippen LogP contribution in [0.15, 0.2) is 48.5 Å². The standard InChI is InChI=1S/4C24H38N2O4/c4*1-14(2)9-17-13-26-8-7-16-10-21(28-5)22(29-6)11-18(16)19(26)12-20(17)30-24(27)23(25)15(3)4/h4*10-11,14-15,17,19-20,23H,7-9,12-13,25H2,1-6H3/t4*17?,19?,20?,23-/m0000/s1/i1D3,5D3,6D3,7D2,8D2,9D2,12D2,13D2,14D,17D,20D;1D3,6D3,7D2,8D2,9D2,12D2,13D2,14D,17D,20D;1D3,5D3,7D2,8D2,9D2,12D2,13D2,14D,17D,20D;1D3,7D2,8D2,9D2,12D2,13D2,14D,17D,20D/t4*14?,17?,19?,20?,23-. The van der Waals surface area contributed by atoms with E-state index in [9.17, 15) is 52.1 Å². The van der Waals surface area contributed by atoms with Gasteiger partial charge in [0.2, 0.25) is 0 Å². The van der Waals surface area contributed by atoms with Gasteiger partial charge in [0.1, 0.15) is 48.5 Å². The van der Waals surface area contributed by atoms with Crippen LogP contribution in [0, 0.1) is 70.8 Å². The molecular weight excluding hydrogens is 1520 g/mol. The molecule has 24 heteroatoms. The first-order valence-corrected chi connectivity index (χ1v) is 36.7. The van der Waals surface area contributed by atoms with Gasteiger partial charge < -0.3 is 79.8 Å². The summed E-state index contributed by atoms with van der Waals surface area (Å²) in [6, 6.07) is -11.6. The van der Waals surface area contributed by atoms with Crippen LogP contribution in [0.5, 0.6) is 46.0 Å². The van der Waals surface area contributed by atoms with Crippen LogP contribution in [0.1, 0.15) is 334 Å². The molecule has 12 rings (SSSR count). The maximum Gasteiger partial charge on any atom is 0.323 e. The monoisotopic (exact) mass is 1750 g/mol. The minimum Gasteiger partial charge on any atom is -0.493 e. The molecule has 8 aliphatic rings. The van der Waals surface area contributed by atoms with Crippen LogP contribution in [0.3, 0.4) is 0 Å². The Balaban J connectivity index is 0.000000283. The Labute approximate surface area is 825 Å². The van der Waals surface area contributed by atoms with Crippen LogP contribution in [0.2, 0.25) is 0 Å². The van der Waals surface area contributed by atoms with Crippen LogP contribution in [-0.4, -0.2) is 201 Å². The number of aryl methyl sites for hydroxylation is 4. The average Bonchev–Trinajstić information content (AvgIpc) is 0.646. The second-order valence-electron chi connectivity index (χ2n) is 28.4. The minimum atomic E-state index is -4.53. The smallest absolute Gasteiger partial charge is 0.323 e. The van der Waals surface area contributed by atoms with Crippen molar-refractivity contribution in [3.8, 4) is 46.0 Å². The Morgan fingerprint density at radius 2 is 0.550 bits per heavy atom. The molecule has 4 aromatic carbocycles. The Kier molecular flexibility index (Phi) is 13.3. The van der Waals surface area contributed by atoms with Gasteiger partial charge in [-0.2, -0.15) is 0 Å². The third kappa shape index (κ3) is 23.8. The summed E-state index contributed by atoms with van der Waals surface area (Å²) < 4.78 is 716. The number of ether oxygens (including phenoxy) is 12. The van der Waals surface area contributed by atoms with E-state index in [1.54, 1.807) is 0 Å². The molecular formula is C96H152N8O16. The summed E-state index contributed by atoms with van der Waals surface area (Å²) in [6.45, 7) is -34.3. The second kappa shape index (κ2) is 43.9. The number of esters is 4. The lowest BCUT2D eigenvalue weighted by Crippen LogP contribution is -2.51. The Bertz CT molecular complexity index is 7650. The lowest BCUT2D eigenvalue weighted by atomic mass is 9.79. The maximum atomic E-state index is 13.4. The molecule has 120 heavy (non-hydrogen) atoms. The van der Waals surface area contributed by atoms with E-state index in [0.29, 0.717) is 52.0 Å². The van der Waals surface area contributed by atoms with Gasteiger partial charge in [-0.25, -0.2) is 0 Å². The van der Waals surface area contributed by atoms with Crippen LogP contribution in [0.25, 0.3) is 0 Å². The molecule has 0 spiro atoms. The molecule has 0 aliphatic carbocycles. The van der Waals surface area contributed by atoms with Gasteiger partial charge in [0.25, 0.3) is 0 Å². The van der Waals surface area contributed by atoms with Crippen molar-refractivity contribution in [1.82, 2.24) is 19.6 Å². The SMILES string of the molecule is [2H]C([2H])([2H])C([2H])(C)C([2H])([2H])C1([2H])C([2H])([2H])N2C(c3cc(OC)c(OC)cc3C([2H])([2H])C2([2H])[2H])C([2H])([2H])C1([2H])OC(=O)[C@@H](N)C(C)C.[2H]C([2H])([2H])Oc1cc2c(cc1OC([2H])([2H])[2H])C([2H])([2H])C([2H])([2H])N1C2C([2H])([2H])C([2H])(OC(=O)[C@@H](N)C(C)C)C([2H])(C([2H])([2H])C([2H])(C)C([2H])([2H])[2H])C1([2H])[2H].[2H]C([2H])([2H])Oc1cc2c(cc1OC)C([2H])([2H])C([2H])([2H])N1C2C([2H])([2H])C([2H])(OC(=O)[C@@H](N)C(C)C)C([2H])(C([2H])([2H])C([2H])(C)C([2H])([2H])[2H])C1([2H])[2H].[2H]C([2H])([2H])Oc1cc2c(cc1OC)C1N(C([2H])([2H])C2([2H])[2H])C([2H])([2H])C([2H])(C([2H])([2H])C([2H])(C)C([2H])([2H])[2H])C([2H])(OC(=O)[C@@H](N)C(C)C)C1([2H])[2H]. The van der Waals surface area contributed by atoms with Gasteiger partial charge in [-0.15, -0.1) is 0 Å². The van der Waals surface area contributed by atoms with Crippen molar-refractivity contribution in [1.29, 1.82) is 0 Å². The highest BCUT2D eigenvalue weighted by atomic mass is 16.6. The van der Waals surface area contributed by atoms with Gasteiger partial charge in [0.15, 0.2) is 46.0 Å². The number of methoxy groups -OCH3 is 8. The molecule has 0 amide bonds. The molecule has 4 aromatic rings. The predicted molar refractivity (Wildman–Crippen MR) is 471 cm³/mol. The van der Waals surface area contributed by atoms with Crippen LogP contribution in [0.4, 0.5) is 0 Å². The summed E-state index contributed by atoms with van der Waals surface area (Å²) in [5, 5.41) is 0. The van der Waals surface area contributed by atoms with E-state index >= 15 is 0 Å². The molecule has 20 atom stereocenters. The maximum absolute atomic E-state index is 13.4. The third-order valence-electron chi connectivity index (χ3n) is 18.2. The molecule has 0 bridgehead atoms. The van der Waals surface area contributed by atoms with Crippen molar-refractivity contribution in [2.75, 3.05) is 109 Å². The van der Waals surface area contributed by atoms with Gasteiger partial charge in [-0.3, -0.25) is 38.8 Å². The fraction of sp³-hybridized carbons (Fsp3) is 0.708. The number of carbonyl (C=O) groups is 4. The number of fused-ring (bicyclic) bond motifs is 12. The van der Waals surface area contributed by atoms with Gasteiger partial charge >= 0.3 is 23.9 Å². The fourth-order valence-electron chi connectivity index (χ4n) is 11.5. The molecule has 8 N–H and O–H groups in total. The number of hydrogen-bond donors (Lipinski definition) is 4. The normalized spacial score (nSPS) is 49.1. The second-order valence-corrected chi connectivity index (χ2v) is 28.4. The Morgan fingerprint density at radius 3 is 0.733 bits per heavy atom. The Hall–Kier alpha value is -7.16. The van der Waals surface area contributed by atoms with Crippen LogP contribution < -0.4 is 60.8 Å². The molecule has 24 nitrogen and oxygen atoms in total. The van der Waals surface area contributed by atoms with Crippen molar-refractivity contribution in [3.63, 3.8) is 0 Å². The van der Waals surface area contributed by atoms with Crippen LogP contribution in [-0.2, 0) is 63.6 Å². The first-order valence-electron chi connectivity index (χ1n) is 74.7. The zero-order chi connectivity index (χ0) is 155. The molecule has 0 radical (unpaired) electrons. The van der Waals surface area contributed by atoms with Crippen molar-refractivity contribution >= 4 is 23.9 Å². The number of carbonyl (C=O) groups excluding carboxylic acids is 4. The first kappa shape index (κ1) is 36.4. The number of nitrogens with zero attached hydrogens (tertiary/aromatic N) is 4. The fourth-order valence-corrected chi connectivity index (χ4v) is 11.5. The Morgan fingerprint density at radius 1 is 0.358 bits per heavy atom. The van der Waals surface area contributed by atoms with E-state index in [0.717, 1.165) is 38.5 Å². The summed E-state index contributed by atoms with van der Waals surface area (Å²) in [6.07, 6.45) is -63.5. The van der Waals surface area contributed by atoms with E-state index in [2.05, 4.69) is 0 Å². The summed E-state index contributed by atoms with van der Waals surface area (Å²) >= 11 is 0. The van der Waals surface area contributed by atoms with Gasteiger partial charge in [-0.05, 0) is 191 Å². The highest BCUT2D eigenvalue weighted by molar-refractivity contribution is 5.77. The number of piperidine rings is 4. The van der Waals surface area contributed by atoms with E-state index < -0.39 is 430 Å². The van der Waals surface area contributed by atoms with E-state index in [4.69, 9.17) is 151 Å². The van der Waals surface area contributed by atoms with Crippen LogP contribution >= 0.6 is 0 Å². The number of rotatable bonds is 28. The lowest BCUT2D eigenvalue weighted by molar-refractivity contribution is -0.161. The van der Waals surface area contributed by atoms with E-state index in [-0.39, 0.29) is 31.1 Å². The van der Waals surface area contributed by atoms with Crippen molar-refractivity contribution < 1.29 is 180 Å². The lowest BCUT2D eigenvalue weighted by Gasteiger charge is -2.47. The van der Waals surface area contributed by atoms with E-state index in [1.165, 1.54) is 69.6 Å². The van der Waals surface area contributed by atoms with E-state index in [1.807, 2.05) is 0 Å². The third-order valence-corrected chi connectivity index (χ3v) is 18.2. The quantitative estimate of drug-likeness (QED) is 0.0303. The van der Waals surface area contributed by atoms with Gasteiger partial charge in [-0.1, -0.05) is 110 Å². The highest BCUT2D eigenvalue weighted by Crippen LogP contribution is 2.50. The number of benzene rings is 4. The predicted octanol–water partition coefficient (Wildman–Crippen LogP) is 14.3. The first-order chi connectivity index (χ1) is 85.9. The molecule has 0 aromatic heterocycles. The average molecular weight is 1750 g/mol.